The monoisotopic (exact) mass is 312 g/mol. The van der Waals surface area contributed by atoms with E-state index in [1.165, 1.54) is 27.1 Å². The molecule has 0 spiro atoms. The first-order valence-electron chi connectivity index (χ1n) is 8.22. The largest absolute Gasteiger partial charge is 0.388 e. The third-order valence-corrected chi connectivity index (χ3v) is 4.57. The van der Waals surface area contributed by atoms with Crippen molar-refractivity contribution in [3.63, 3.8) is 0 Å². The van der Waals surface area contributed by atoms with Gasteiger partial charge in [-0.3, -0.25) is 0 Å². The topological polar surface area (TPSA) is 24.1 Å². The molecule has 0 atom stereocenters. The Bertz CT molecular complexity index is 1030. The average molecular weight is 312 g/mol. The molecule has 4 rings (SSSR count). The zero-order valence-electron chi connectivity index (χ0n) is 13.9. The van der Waals surface area contributed by atoms with Crippen molar-refractivity contribution >= 4 is 38.6 Å². The highest BCUT2D eigenvalue weighted by Crippen LogP contribution is 2.35. The lowest BCUT2D eigenvalue weighted by Gasteiger charge is -2.15. The van der Waals surface area contributed by atoms with Gasteiger partial charge in [-0.15, -0.1) is 0 Å². The van der Waals surface area contributed by atoms with Crippen molar-refractivity contribution in [2.75, 3.05) is 17.7 Å². The summed E-state index contributed by atoms with van der Waals surface area (Å²) >= 11 is 0. The van der Waals surface area contributed by atoms with E-state index >= 15 is 0 Å². The zero-order chi connectivity index (χ0) is 16.5. The van der Waals surface area contributed by atoms with E-state index in [1.54, 1.807) is 0 Å². The van der Waals surface area contributed by atoms with Crippen molar-refractivity contribution in [3.8, 4) is 0 Å². The van der Waals surface area contributed by atoms with Gasteiger partial charge in [0.15, 0.2) is 0 Å². The standard InChI is InChI=1S/C22H20N2/c1-15-7-3-6-10-20(15)24-22-12-11-21(23-2)18-13-16-8-4-5-9-17(16)14-19(18)22/h3-14,23-24H,1-2H3. The number of hydrogen-bond donors (Lipinski definition) is 2. The van der Waals surface area contributed by atoms with Crippen LogP contribution in [0.5, 0.6) is 0 Å². The number of rotatable bonds is 3. The second-order valence-corrected chi connectivity index (χ2v) is 6.10. The molecule has 0 saturated heterocycles. The number of nitrogens with one attached hydrogen (secondary N) is 2. The minimum atomic E-state index is 1.13. The molecular weight excluding hydrogens is 292 g/mol. The fourth-order valence-corrected chi connectivity index (χ4v) is 3.22. The van der Waals surface area contributed by atoms with Crippen LogP contribution in [-0.2, 0) is 0 Å². The Balaban J connectivity index is 1.95. The van der Waals surface area contributed by atoms with Crippen molar-refractivity contribution < 1.29 is 0 Å². The Kier molecular flexibility index (Phi) is 3.58. The van der Waals surface area contributed by atoms with Gasteiger partial charge in [-0.2, -0.15) is 0 Å². The van der Waals surface area contributed by atoms with Gasteiger partial charge in [-0.1, -0.05) is 42.5 Å². The van der Waals surface area contributed by atoms with E-state index in [1.807, 2.05) is 7.05 Å². The van der Waals surface area contributed by atoms with Crippen molar-refractivity contribution in [2.45, 2.75) is 6.92 Å². The Hall–Kier alpha value is -3.00. The minimum Gasteiger partial charge on any atom is -0.388 e. The van der Waals surface area contributed by atoms with Gasteiger partial charge in [0.05, 0.1) is 0 Å². The molecule has 0 amide bonds. The van der Waals surface area contributed by atoms with E-state index < -0.39 is 0 Å². The molecule has 0 fully saturated rings. The molecular formula is C22H20N2. The number of aryl methyl sites for hydroxylation is 1. The molecule has 0 aromatic heterocycles. The first kappa shape index (κ1) is 14.6. The predicted octanol–water partition coefficient (Wildman–Crippen LogP) is 6.09. The molecule has 118 valence electrons. The van der Waals surface area contributed by atoms with Crippen LogP contribution in [0, 0.1) is 6.92 Å². The Morgan fingerprint density at radius 3 is 1.88 bits per heavy atom. The molecule has 0 bridgehead atoms. The van der Waals surface area contributed by atoms with Gasteiger partial charge in [0, 0.05) is 34.9 Å². The summed E-state index contributed by atoms with van der Waals surface area (Å²) in [4.78, 5) is 0. The van der Waals surface area contributed by atoms with Gasteiger partial charge >= 0.3 is 0 Å². The van der Waals surface area contributed by atoms with Crippen LogP contribution in [0.2, 0.25) is 0 Å². The summed E-state index contributed by atoms with van der Waals surface area (Å²) in [5, 5.41) is 11.9. The summed E-state index contributed by atoms with van der Waals surface area (Å²) in [7, 11) is 1.97. The maximum Gasteiger partial charge on any atom is 0.0465 e. The maximum atomic E-state index is 3.60. The van der Waals surface area contributed by atoms with Crippen LogP contribution in [-0.4, -0.2) is 7.05 Å². The number of para-hydroxylation sites is 1. The van der Waals surface area contributed by atoms with Crippen molar-refractivity contribution in [3.05, 3.63) is 78.4 Å². The van der Waals surface area contributed by atoms with Crippen LogP contribution >= 0.6 is 0 Å². The molecule has 0 radical (unpaired) electrons. The van der Waals surface area contributed by atoms with E-state index in [-0.39, 0.29) is 0 Å². The van der Waals surface area contributed by atoms with Crippen molar-refractivity contribution in [1.29, 1.82) is 0 Å². The second-order valence-electron chi connectivity index (χ2n) is 6.10. The first-order chi connectivity index (χ1) is 11.8. The lowest BCUT2D eigenvalue weighted by atomic mass is 10.0. The van der Waals surface area contributed by atoms with E-state index in [0.717, 1.165) is 17.1 Å². The van der Waals surface area contributed by atoms with Crippen LogP contribution in [0.3, 0.4) is 0 Å². The number of benzene rings is 4. The second kappa shape index (κ2) is 5.89. The summed E-state index contributed by atoms with van der Waals surface area (Å²) in [6.07, 6.45) is 0. The van der Waals surface area contributed by atoms with Crippen LogP contribution < -0.4 is 10.6 Å². The van der Waals surface area contributed by atoms with Gasteiger partial charge in [0.2, 0.25) is 0 Å². The quantitative estimate of drug-likeness (QED) is 0.447. The van der Waals surface area contributed by atoms with Crippen LogP contribution in [0.15, 0.2) is 72.8 Å². The predicted molar refractivity (Wildman–Crippen MR) is 105 cm³/mol. The molecule has 0 aliphatic rings. The maximum absolute atomic E-state index is 3.60. The van der Waals surface area contributed by atoms with E-state index in [4.69, 9.17) is 0 Å². The number of hydrogen-bond acceptors (Lipinski definition) is 2. The minimum absolute atomic E-state index is 1.13. The average Bonchev–Trinajstić information content (AvgIpc) is 2.62. The van der Waals surface area contributed by atoms with Crippen molar-refractivity contribution in [1.82, 2.24) is 0 Å². The van der Waals surface area contributed by atoms with E-state index in [2.05, 4.69) is 90.4 Å². The highest BCUT2D eigenvalue weighted by atomic mass is 14.9. The van der Waals surface area contributed by atoms with Crippen LogP contribution in [0.4, 0.5) is 17.1 Å². The molecule has 2 N–H and O–H groups in total. The van der Waals surface area contributed by atoms with Crippen LogP contribution in [0.1, 0.15) is 5.56 Å². The van der Waals surface area contributed by atoms with Gasteiger partial charge in [-0.05, 0) is 53.6 Å². The molecule has 24 heavy (non-hydrogen) atoms. The molecule has 0 aliphatic heterocycles. The lowest BCUT2D eigenvalue weighted by Crippen LogP contribution is -1.96. The Morgan fingerprint density at radius 1 is 0.625 bits per heavy atom. The van der Waals surface area contributed by atoms with Gasteiger partial charge in [-0.25, -0.2) is 0 Å². The smallest absolute Gasteiger partial charge is 0.0465 e. The fraction of sp³-hybridized carbons (Fsp3) is 0.0909. The summed E-state index contributed by atoms with van der Waals surface area (Å²) in [5.74, 6) is 0. The first-order valence-corrected chi connectivity index (χ1v) is 8.22. The van der Waals surface area contributed by atoms with Gasteiger partial charge in [0.25, 0.3) is 0 Å². The van der Waals surface area contributed by atoms with Gasteiger partial charge < -0.3 is 10.6 Å². The zero-order valence-corrected chi connectivity index (χ0v) is 13.9. The van der Waals surface area contributed by atoms with Crippen LogP contribution in [0.25, 0.3) is 21.5 Å². The third-order valence-electron chi connectivity index (χ3n) is 4.57. The Morgan fingerprint density at radius 2 is 1.21 bits per heavy atom. The molecule has 0 aliphatic carbocycles. The SMILES string of the molecule is CNc1ccc(Nc2ccccc2C)c2cc3ccccc3cc12. The molecule has 4 aromatic rings. The number of fused-ring (bicyclic) bond motifs is 2. The number of anilines is 3. The van der Waals surface area contributed by atoms with E-state index in [0.29, 0.717) is 0 Å². The normalized spacial score (nSPS) is 10.9. The third kappa shape index (κ3) is 2.46. The summed E-state index contributed by atoms with van der Waals surface area (Å²) < 4.78 is 0. The molecule has 0 saturated carbocycles. The lowest BCUT2D eigenvalue weighted by molar-refractivity contribution is 1.44. The molecule has 0 unspecified atom stereocenters. The molecule has 2 nitrogen and oxygen atoms in total. The highest BCUT2D eigenvalue weighted by molar-refractivity contribution is 6.09. The summed E-state index contributed by atoms with van der Waals surface area (Å²) in [5.41, 5.74) is 4.66. The molecule has 4 aromatic carbocycles. The molecule has 2 heteroatoms. The molecule has 0 heterocycles. The summed E-state index contributed by atoms with van der Waals surface area (Å²) in [6.45, 7) is 2.13. The Labute approximate surface area is 142 Å². The summed E-state index contributed by atoms with van der Waals surface area (Å²) in [6, 6.07) is 25.7. The fourth-order valence-electron chi connectivity index (χ4n) is 3.22. The van der Waals surface area contributed by atoms with Crippen molar-refractivity contribution in [2.24, 2.45) is 0 Å². The highest BCUT2D eigenvalue weighted by Gasteiger charge is 2.08. The van der Waals surface area contributed by atoms with Gasteiger partial charge in [0.1, 0.15) is 0 Å². The van der Waals surface area contributed by atoms with E-state index in [9.17, 15) is 0 Å².